The van der Waals surface area contributed by atoms with Gasteiger partial charge in [-0.2, -0.15) is 0 Å². The van der Waals surface area contributed by atoms with Crippen molar-refractivity contribution in [1.82, 2.24) is 0 Å². The van der Waals surface area contributed by atoms with Gasteiger partial charge in [0, 0.05) is 11.3 Å². The Morgan fingerprint density at radius 1 is 1.44 bits per heavy atom. The summed E-state index contributed by atoms with van der Waals surface area (Å²) in [4.78, 5) is 23.2. The highest BCUT2D eigenvalue weighted by Crippen LogP contribution is 2.28. The number of thiophene rings is 1. The van der Waals surface area contributed by atoms with Crippen LogP contribution in [0, 0.1) is 0 Å². The van der Waals surface area contributed by atoms with Crippen LogP contribution in [0.5, 0.6) is 0 Å². The summed E-state index contributed by atoms with van der Waals surface area (Å²) in [5.41, 5.74) is 11.4. The van der Waals surface area contributed by atoms with Gasteiger partial charge in [0.25, 0.3) is 0 Å². The molecule has 1 atom stereocenters. The molecule has 1 rings (SSSR count). The monoisotopic (exact) mass is 240 g/mol. The van der Waals surface area contributed by atoms with E-state index in [-0.39, 0.29) is 6.42 Å². The van der Waals surface area contributed by atoms with E-state index in [4.69, 9.17) is 11.5 Å². The molecule has 88 valence electrons. The molecule has 0 aliphatic rings. The Balaban J connectivity index is 2.85. The fourth-order valence-electron chi connectivity index (χ4n) is 1.69. The van der Waals surface area contributed by atoms with Gasteiger partial charge in [0.2, 0.25) is 11.8 Å². The summed E-state index contributed by atoms with van der Waals surface area (Å²) in [6.07, 6.45) is 1.45. The minimum atomic E-state index is -0.403. The minimum Gasteiger partial charge on any atom is -0.370 e. The molecule has 1 aromatic rings. The maximum absolute atomic E-state index is 11.4. The molecule has 0 radical (unpaired) electrons. The molecule has 0 aliphatic heterocycles. The van der Waals surface area contributed by atoms with Crippen LogP contribution in [0.3, 0.4) is 0 Å². The first-order valence-corrected chi connectivity index (χ1v) is 6.08. The summed E-state index contributed by atoms with van der Waals surface area (Å²) in [5.74, 6) is -1.19. The highest BCUT2D eigenvalue weighted by atomic mass is 32.1. The third-order valence-electron chi connectivity index (χ3n) is 2.50. The van der Waals surface area contributed by atoms with Crippen molar-refractivity contribution < 1.29 is 9.59 Å². The van der Waals surface area contributed by atoms with Crippen LogP contribution >= 0.6 is 11.3 Å². The van der Waals surface area contributed by atoms with Gasteiger partial charge in [-0.05, 0) is 29.9 Å². The first-order valence-electron chi connectivity index (χ1n) is 5.20. The van der Waals surface area contributed by atoms with E-state index >= 15 is 0 Å². The number of hydrogen-bond donors (Lipinski definition) is 2. The van der Waals surface area contributed by atoms with E-state index in [1.807, 2.05) is 18.4 Å². The van der Waals surface area contributed by atoms with E-state index in [9.17, 15) is 9.59 Å². The second kappa shape index (κ2) is 5.65. The zero-order valence-electron chi connectivity index (χ0n) is 9.23. The average Bonchev–Trinajstić information content (AvgIpc) is 2.65. The van der Waals surface area contributed by atoms with Crippen LogP contribution in [0.4, 0.5) is 0 Å². The molecule has 0 saturated carbocycles. The fraction of sp³-hybridized carbons (Fsp3) is 0.455. The zero-order valence-corrected chi connectivity index (χ0v) is 10.0. The van der Waals surface area contributed by atoms with Gasteiger partial charge in [0.05, 0.1) is 5.92 Å². The highest BCUT2D eigenvalue weighted by Gasteiger charge is 2.21. The van der Waals surface area contributed by atoms with Gasteiger partial charge in [-0.3, -0.25) is 9.59 Å². The van der Waals surface area contributed by atoms with Crippen molar-refractivity contribution in [1.29, 1.82) is 0 Å². The zero-order chi connectivity index (χ0) is 12.1. The van der Waals surface area contributed by atoms with Crippen LogP contribution in [-0.2, 0) is 16.0 Å². The van der Waals surface area contributed by atoms with Gasteiger partial charge < -0.3 is 11.5 Å². The van der Waals surface area contributed by atoms with Gasteiger partial charge in [-0.15, -0.1) is 11.3 Å². The van der Waals surface area contributed by atoms with Crippen molar-refractivity contribution >= 4 is 23.2 Å². The third-order valence-corrected chi connectivity index (χ3v) is 3.58. The molecule has 5 heteroatoms. The quantitative estimate of drug-likeness (QED) is 0.781. The van der Waals surface area contributed by atoms with E-state index in [1.165, 1.54) is 0 Å². The smallest absolute Gasteiger partial charge is 0.225 e. The number of carbonyl (C=O) groups is 2. The van der Waals surface area contributed by atoms with Crippen LogP contribution in [0.15, 0.2) is 11.4 Å². The number of primary amides is 2. The van der Waals surface area contributed by atoms with Gasteiger partial charge in [-0.1, -0.05) is 6.92 Å². The van der Waals surface area contributed by atoms with Crippen molar-refractivity contribution in [3.63, 3.8) is 0 Å². The third kappa shape index (κ3) is 3.06. The maximum atomic E-state index is 11.4. The van der Waals surface area contributed by atoms with Crippen LogP contribution in [-0.4, -0.2) is 11.8 Å². The van der Waals surface area contributed by atoms with Gasteiger partial charge >= 0.3 is 0 Å². The predicted molar refractivity (Wildman–Crippen MR) is 64.1 cm³/mol. The van der Waals surface area contributed by atoms with E-state index in [0.717, 1.165) is 16.9 Å². The Morgan fingerprint density at radius 3 is 2.62 bits per heavy atom. The number of hydrogen-bond acceptors (Lipinski definition) is 3. The lowest BCUT2D eigenvalue weighted by atomic mass is 9.93. The van der Waals surface area contributed by atoms with E-state index < -0.39 is 17.7 Å². The summed E-state index contributed by atoms with van der Waals surface area (Å²) >= 11 is 1.61. The first-order chi connectivity index (χ1) is 7.56. The normalized spacial score (nSPS) is 12.3. The molecular formula is C11H16N2O2S. The van der Waals surface area contributed by atoms with Gasteiger partial charge in [-0.25, -0.2) is 0 Å². The van der Waals surface area contributed by atoms with Crippen LogP contribution in [0.25, 0.3) is 0 Å². The lowest BCUT2D eigenvalue weighted by Crippen LogP contribution is -2.23. The Morgan fingerprint density at radius 2 is 2.12 bits per heavy atom. The van der Waals surface area contributed by atoms with Gasteiger partial charge in [0.1, 0.15) is 0 Å². The molecule has 0 saturated heterocycles. The number of rotatable bonds is 6. The van der Waals surface area contributed by atoms with E-state index in [2.05, 4.69) is 0 Å². The summed E-state index contributed by atoms with van der Waals surface area (Å²) in [6.45, 7) is 2.03. The largest absolute Gasteiger partial charge is 0.370 e. The topological polar surface area (TPSA) is 86.2 Å². The average molecular weight is 240 g/mol. The molecule has 2 amide bonds. The van der Waals surface area contributed by atoms with Gasteiger partial charge in [0.15, 0.2) is 0 Å². The van der Waals surface area contributed by atoms with Crippen molar-refractivity contribution in [2.45, 2.75) is 32.1 Å². The molecule has 0 bridgehead atoms. The van der Waals surface area contributed by atoms with Crippen molar-refractivity contribution in [3.8, 4) is 0 Å². The lowest BCUT2D eigenvalue weighted by molar-refractivity contribution is -0.120. The molecule has 1 heterocycles. The number of carbonyl (C=O) groups excluding carboxylic acids is 2. The van der Waals surface area contributed by atoms with Crippen molar-refractivity contribution in [3.05, 3.63) is 21.9 Å². The number of aryl methyl sites for hydroxylation is 1. The maximum Gasteiger partial charge on any atom is 0.225 e. The second-order valence-corrected chi connectivity index (χ2v) is 4.61. The van der Waals surface area contributed by atoms with Crippen molar-refractivity contribution in [2.75, 3.05) is 0 Å². The second-order valence-electron chi connectivity index (χ2n) is 3.61. The Kier molecular flexibility index (Phi) is 4.49. The Hall–Kier alpha value is -1.36. The summed E-state index contributed by atoms with van der Waals surface area (Å²) < 4.78 is 0. The molecule has 4 nitrogen and oxygen atoms in total. The van der Waals surface area contributed by atoms with E-state index in [0.29, 0.717) is 6.42 Å². The SMILES string of the molecule is CCc1sccc1C(CCC(N)=O)C(N)=O. The molecule has 0 aromatic carbocycles. The highest BCUT2D eigenvalue weighted by molar-refractivity contribution is 7.10. The minimum absolute atomic E-state index is 0.187. The predicted octanol–water partition coefficient (Wildman–Crippen LogP) is 1.14. The van der Waals surface area contributed by atoms with Crippen LogP contribution in [0.1, 0.15) is 36.1 Å². The van der Waals surface area contributed by atoms with E-state index in [1.54, 1.807) is 11.3 Å². The Labute approximate surface area is 98.6 Å². The molecule has 0 fully saturated rings. The molecule has 0 aliphatic carbocycles. The standard InChI is InChI=1S/C11H16N2O2S/c1-2-9-7(5-6-16-9)8(11(13)15)3-4-10(12)14/h5-6,8H,2-4H2,1H3,(H2,12,14)(H2,13,15). The van der Waals surface area contributed by atoms with Crippen molar-refractivity contribution in [2.24, 2.45) is 11.5 Å². The first kappa shape index (κ1) is 12.7. The molecule has 1 aromatic heterocycles. The number of amides is 2. The molecular weight excluding hydrogens is 224 g/mol. The summed E-state index contributed by atoms with van der Waals surface area (Å²) in [7, 11) is 0. The fourth-order valence-corrected chi connectivity index (χ4v) is 2.58. The Bertz CT molecular complexity index is 387. The lowest BCUT2D eigenvalue weighted by Gasteiger charge is -2.12. The number of nitrogens with two attached hydrogens (primary N) is 2. The summed E-state index contributed by atoms with van der Waals surface area (Å²) in [5, 5.41) is 1.94. The van der Waals surface area contributed by atoms with Crippen LogP contribution in [0.2, 0.25) is 0 Å². The molecule has 1 unspecified atom stereocenters. The van der Waals surface area contributed by atoms with Crippen LogP contribution < -0.4 is 11.5 Å². The molecule has 0 spiro atoms. The molecule has 4 N–H and O–H groups in total. The summed E-state index contributed by atoms with van der Waals surface area (Å²) in [6, 6.07) is 1.90. The molecule has 16 heavy (non-hydrogen) atoms.